The predicted molar refractivity (Wildman–Crippen MR) is 557 cm³/mol. The average Bonchev–Trinajstić information content (AvgIpc) is 1.45. The number of carbonyl (C=O) groups is 1. The van der Waals surface area contributed by atoms with E-state index in [0.717, 1.165) is 167 Å². The van der Waals surface area contributed by atoms with Crippen LogP contribution in [0.5, 0.6) is 23.5 Å². The van der Waals surface area contributed by atoms with Crippen molar-refractivity contribution in [1.82, 2.24) is 88.6 Å². The van der Waals surface area contributed by atoms with Crippen LogP contribution in [0.1, 0.15) is 212 Å². The highest BCUT2D eigenvalue weighted by molar-refractivity contribution is 6.38. The molecule has 5 fully saturated rings. The number of hydrogen-bond acceptors (Lipinski definition) is 24. The average molecular weight is 2060 g/mol. The molecule has 5 aliphatic rings. The second kappa shape index (κ2) is 44.1. The first-order valence-electron chi connectivity index (χ1n) is 49.5. The van der Waals surface area contributed by atoms with Gasteiger partial charge in [0.2, 0.25) is 29.4 Å². The minimum absolute atomic E-state index is 0.00158. The first-order chi connectivity index (χ1) is 69.1. The van der Waals surface area contributed by atoms with E-state index >= 15 is 0 Å². The molecule has 768 valence electrons. The Hall–Kier alpha value is -11.2. The summed E-state index contributed by atoms with van der Waals surface area (Å²) in [5.74, 6) is 5.61. The Balaban J connectivity index is 0.000000139. The van der Waals surface area contributed by atoms with Crippen LogP contribution in [0.2, 0.25) is 20.1 Å². The number of fused-ring (bicyclic) bond motifs is 4. The van der Waals surface area contributed by atoms with Crippen LogP contribution in [0, 0.1) is 64.2 Å². The van der Waals surface area contributed by atoms with Crippen molar-refractivity contribution in [2.24, 2.45) is 50.7 Å². The van der Waals surface area contributed by atoms with Crippen molar-refractivity contribution < 1.29 is 62.1 Å². The number of halogens is 7. The second-order valence-electron chi connectivity index (χ2n) is 40.0. The van der Waals surface area contributed by atoms with Gasteiger partial charge in [0, 0.05) is 170 Å². The number of hydrogen-bond donors (Lipinski definition) is 4. The highest BCUT2D eigenvalue weighted by Crippen LogP contribution is 2.51. The molecule has 15 heterocycles. The maximum absolute atomic E-state index is 13.6. The molecule has 0 saturated carbocycles. The number of rotatable bonds is 23. The first kappa shape index (κ1) is 107. The number of aliphatic hydroxyl groups is 4. The fraction of sp³-hybridized carbons (Fsp3) is 0.455. The maximum Gasteiger partial charge on any atom is 0.433 e. The van der Waals surface area contributed by atoms with Crippen LogP contribution in [0.15, 0.2) is 140 Å². The van der Waals surface area contributed by atoms with Gasteiger partial charge in [0.05, 0.1) is 106 Å². The quantitative estimate of drug-likeness (QED) is 0.0462. The van der Waals surface area contributed by atoms with E-state index in [1.165, 1.54) is 37.9 Å². The minimum atomic E-state index is -4.69. The van der Waals surface area contributed by atoms with Crippen molar-refractivity contribution in [1.29, 1.82) is 0 Å². The first-order valence-corrected chi connectivity index (χ1v) is 51.0. The number of aromatic nitrogens is 14. The molecular formula is C110H129Cl4F3N18O10. The van der Waals surface area contributed by atoms with Gasteiger partial charge in [-0.25, -0.2) is 34.6 Å². The monoisotopic (exact) mass is 2060 g/mol. The van der Waals surface area contributed by atoms with E-state index in [4.69, 9.17) is 80.1 Å². The van der Waals surface area contributed by atoms with Gasteiger partial charge in [0.15, 0.2) is 11.2 Å². The largest absolute Gasteiger partial charge is 0.481 e. The number of likely N-dealkylation sites (tertiary alicyclic amines) is 4. The summed E-state index contributed by atoms with van der Waals surface area (Å²) in [4.78, 5) is 61.0. The van der Waals surface area contributed by atoms with Gasteiger partial charge in [-0.1, -0.05) is 123 Å². The van der Waals surface area contributed by atoms with Crippen LogP contribution >= 0.6 is 46.4 Å². The van der Waals surface area contributed by atoms with Gasteiger partial charge in [-0.05, 0) is 250 Å². The molecule has 19 rings (SSSR count). The molecule has 4 atom stereocenters. The summed E-state index contributed by atoms with van der Waals surface area (Å²) in [6.45, 7) is 32.1. The van der Waals surface area contributed by atoms with Crippen molar-refractivity contribution in [3.63, 3.8) is 0 Å². The van der Waals surface area contributed by atoms with Crippen LogP contribution < -0.4 is 18.9 Å². The lowest BCUT2D eigenvalue weighted by Gasteiger charge is -2.48. The smallest absolute Gasteiger partial charge is 0.433 e. The number of aryl methyl sites for hydroxylation is 6. The number of nitrogens with zero attached hydrogens (tertiary/aromatic N) is 18. The number of methoxy groups -OCH3 is 4. The van der Waals surface area contributed by atoms with Gasteiger partial charge in [-0.3, -0.25) is 34.4 Å². The number of alkyl halides is 3. The molecule has 0 radical (unpaired) electrons. The number of benzene rings is 4. The van der Waals surface area contributed by atoms with E-state index in [2.05, 4.69) is 80.7 Å². The second-order valence-corrected chi connectivity index (χ2v) is 41.5. The third kappa shape index (κ3) is 21.4. The molecule has 35 heteroatoms. The molecule has 4 aromatic carbocycles. The Bertz CT molecular complexity index is 7060. The topological polar surface area (TPSA) is 314 Å². The molecule has 145 heavy (non-hydrogen) atoms. The normalized spacial score (nSPS) is 17.5. The zero-order valence-corrected chi connectivity index (χ0v) is 88.6. The lowest BCUT2D eigenvalue weighted by Crippen LogP contribution is -2.58. The SMILES string of the molecule is COc1nc2ccc(C(O)(c3ccc(C)nc3)C3CN(C(C)=O)C3)cc2c(Cl)c1CN1CCC(C)CC1.COc1nc2ccc(C(O)(c3ccc(C)nc3C)c3cnnn3C)cc2c(Cl)c1C(C)C.COc1nc2ccc(C(O)(c3ccnc(C(F)(F)F)c3)c3cnc(C)n3C)cc2c(Cl)c1CN1CCC(C)CC1.COc1nc2ccc(C(O)(c3cnc(C)n3C)C3CCOCC3)cc2c(Cl)c1CN1CCC(C)CC1. The fourth-order valence-corrected chi connectivity index (χ4v) is 22.2. The highest BCUT2D eigenvalue weighted by atomic mass is 35.5. The molecule has 28 nitrogen and oxygen atoms in total. The Kier molecular flexibility index (Phi) is 32.4. The van der Waals surface area contributed by atoms with Gasteiger partial charge >= 0.3 is 6.18 Å². The molecule has 0 bridgehead atoms. The third-order valence-corrected chi connectivity index (χ3v) is 31.9. The van der Waals surface area contributed by atoms with Crippen molar-refractivity contribution in [2.45, 2.75) is 182 Å². The molecular weight excluding hydrogens is 1930 g/mol. The number of imidazole rings is 2. The van der Waals surface area contributed by atoms with Crippen LogP contribution in [0.25, 0.3) is 43.6 Å². The summed E-state index contributed by atoms with van der Waals surface area (Å²) in [6.07, 6.45) is 11.3. The van der Waals surface area contributed by atoms with Crippen molar-refractivity contribution in [3.05, 3.63) is 273 Å². The molecule has 0 spiro atoms. The zero-order valence-electron chi connectivity index (χ0n) is 85.5. The number of amides is 1. The number of pyridine rings is 7. The lowest BCUT2D eigenvalue weighted by molar-refractivity contribution is -0.143. The molecule has 0 aliphatic carbocycles. The third-order valence-electron chi connectivity index (χ3n) is 30.1. The Morgan fingerprint density at radius 3 is 1.28 bits per heavy atom. The summed E-state index contributed by atoms with van der Waals surface area (Å²) >= 11 is 28.0. The summed E-state index contributed by atoms with van der Waals surface area (Å²) in [5.41, 5.74) is 6.69. The molecule has 4 unspecified atom stereocenters. The van der Waals surface area contributed by atoms with Crippen LogP contribution in [0.3, 0.4) is 0 Å². The summed E-state index contributed by atoms with van der Waals surface area (Å²) < 4.78 is 74.1. The molecule has 10 aromatic heterocycles. The summed E-state index contributed by atoms with van der Waals surface area (Å²) in [7, 11) is 11.8. The molecule has 4 N–H and O–H groups in total. The van der Waals surface area contributed by atoms with E-state index in [-0.39, 0.29) is 29.2 Å². The maximum atomic E-state index is 13.6. The van der Waals surface area contributed by atoms with Gasteiger partial charge < -0.3 is 58.1 Å². The Morgan fingerprint density at radius 1 is 0.455 bits per heavy atom. The predicted octanol–water partition coefficient (Wildman–Crippen LogP) is 19.7. The van der Waals surface area contributed by atoms with Gasteiger partial charge in [0.25, 0.3) is 0 Å². The zero-order chi connectivity index (χ0) is 104. The van der Waals surface area contributed by atoms with Gasteiger partial charge in [0.1, 0.15) is 28.5 Å². The Morgan fingerprint density at radius 2 is 0.869 bits per heavy atom. The van der Waals surface area contributed by atoms with Crippen LogP contribution in [0.4, 0.5) is 13.2 Å². The van der Waals surface area contributed by atoms with Gasteiger partial charge in [-0.2, -0.15) is 13.2 Å². The molecule has 14 aromatic rings. The van der Waals surface area contributed by atoms with Crippen LogP contribution in [-0.4, -0.2) is 209 Å². The fourth-order valence-electron chi connectivity index (χ4n) is 20.9. The van der Waals surface area contributed by atoms with Crippen molar-refractivity contribution >= 4 is 95.9 Å². The van der Waals surface area contributed by atoms with E-state index in [1.807, 2.05) is 132 Å². The highest BCUT2D eigenvalue weighted by Gasteiger charge is 2.50. The standard InChI is InChI=1S/C29H31ClF3N5O2.C29H35ClN4O3.C28H37ClN4O3.C24H26ClN5O2/c1-17-8-11-38(12-9-17)16-22-26(30)21-13-19(5-6-23(21)36-27(22)40-4)28(39,25-15-35-18(2)37(25)3)20-7-10-34-24(14-20)29(31,32)33;1-18-9-11-33(12-10-18)17-25-27(30)24-13-21(7-8-26(24)32-28(25)37-4)29(36,22-6-5-19(2)31-14-22)23-15-34(16-23)20(3)35;1-18-7-11-33(12-8-18)17-23-26(29)22-15-21(5-6-24(22)31-27(23)35-4)28(34,20-9-13-36-14-10-20)25-16-30-19(2)32(25)3;1-13(2)21-22(25)17-11-16(8-10-19(17)28-23(21)32-6)24(31,20-12-26-29-30(20)5)18-9-7-14(3)27-15(18)4/h5-7,10,13-15,17,39H,8-9,11-12,16H2,1-4H3;5-8,13-14,18,23,36H,9-12,15-17H2,1-4H3;5-6,15-16,18,20,34H,7-14,17H2,1-4H3;7-13,31H,1-6H3. The van der Waals surface area contributed by atoms with E-state index in [9.17, 15) is 38.4 Å². The van der Waals surface area contributed by atoms with Crippen molar-refractivity contribution in [3.8, 4) is 23.5 Å². The minimum Gasteiger partial charge on any atom is -0.481 e. The van der Waals surface area contributed by atoms with E-state index in [1.54, 1.807) is 107 Å². The summed E-state index contributed by atoms with van der Waals surface area (Å²) in [5, 5.41) is 62.6. The summed E-state index contributed by atoms with van der Waals surface area (Å²) in [6, 6.07) is 32.0. The lowest BCUT2D eigenvalue weighted by atomic mass is 9.72. The number of carbonyl (C=O) groups excluding carboxylic acids is 1. The number of ether oxygens (including phenoxy) is 5. The van der Waals surface area contributed by atoms with E-state index < -0.39 is 34.3 Å². The van der Waals surface area contributed by atoms with Crippen molar-refractivity contribution in [2.75, 3.05) is 94.0 Å². The van der Waals surface area contributed by atoms with Gasteiger partial charge in [-0.15, -0.1) is 5.10 Å². The Labute approximate surface area is 864 Å². The van der Waals surface area contributed by atoms with Crippen LogP contribution in [-0.2, 0) is 78.9 Å². The molecule has 5 aliphatic heterocycles. The van der Waals surface area contributed by atoms with E-state index in [0.29, 0.717) is 162 Å². The molecule has 5 saturated heterocycles. The molecule has 1 amide bonds. The number of piperidine rings is 3.